The summed E-state index contributed by atoms with van der Waals surface area (Å²) in [6.45, 7) is 8.04. The Hall–Kier alpha value is -1.16. The Bertz CT molecular complexity index is 323. The summed E-state index contributed by atoms with van der Waals surface area (Å²) in [5.41, 5.74) is 2.02. The number of anilines is 1. The molecular formula is C10H17N3O. The zero-order valence-corrected chi connectivity index (χ0v) is 9.13. The lowest BCUT2D eigenvalue weighted by molar-refractivity contribution is 0.208. The van der Waals surface area contributed by atoms with Crippen LogP contribution in [0.3, 0.4) is 0 Å². The summed E-state index contributed by atoms with van der Waals surface area (Å²) in [5.74, 6) is 1.57. The maximum Gasteiger partial charge on any atom is 0.132 e. The number of hydrogen-bond acceptors (Lipinski definition) is 4. The van der Waals surface area contributed by atoms with Gasteiger partial charge in [0.1, 0.15) is 11.6 Å². The van der Waals surface area contributed by atoms with Gasteiger partial charge in [-0.3, -0.25) is 0 Å². The van der Waals surface area contributed by atoms with Crippen molar-refractivity contribution in [3.63, 3.8) is 0 Å². The summed E-state index contributed by atoms with van der Waals surface area (Å²) in [6.07, 6.45) is -0.370. The van der Waals surface area contributed by atoms with Gasteiger partial charge < -0.3 is 10.4 Å². The molecule has 0 aromatic carbocycles. The Morgan fingerprint density at radius 3 is 2.50 bits per heavy atom. The molecule has 1 aromatic heterocycles. The van der Waals surface area contributed by atoms with Gasteiger partial charge >= 0.3 is 0 Å². The summed E-state index contributed by atoms with van der Waals surface area (Å²) in [4.78, 5) is 8.52. The Morgan fingerprint density at radius 1 is 1.29 bits per heavy atom. The van der Waals surface area contributed by atoms with Gasteiger partial charge in [-0.1, -0.05) is 0 Å². The van der Waals surface area contributed by atoms with Gasteiger partial charge in [-0.15, -0.1) is 0 Å². The van der Waals surface area contributed by atoms with Gasteiger partial charge in [0.25, 0.3) is 0 Å². The Morgan fingerprint density at radius 2 is 1.93 bits per heavy atom. The molecule has 0 radical (unpaired) electrons. The monoisotopic (exact) mass is 195 g/mol. The highest BCUT2D eigenvalue weighted by Gasteiger charge is 2.05. The highest BCUT2D eigenvalue weighted by Crippen LogP contribution is 2.14. The van der Waals surface area contributed by atoms with E-state index in [1.54, 1.807) is 6.92 Å². The molecule has 78 valence electrons. The van der Waals surface area contributed by atoms with Crippen LogP contribution >= 0.6 is 0 Å². The standard InChI is InChI=1S/C10H17N3O/c1-6(14)5-11-10-7(2)8(3)12-9(4)13-10/h6,14H,5H2,1-4H3,(H,11,12,13)/t6-/m1/s1. The van der Waals surface area contributed by atoms with Gasteiger partial charge in [-0.25, -0.2) is 9.97 Å². The van der Waals surface area contributed by atoms with E-state index in [1.807, 2.05) is 20.8 Å². The third-order valence-electron chi connectivity index (χ3n) is 2.07. The summed E-state index contributed by atoms with van der Waals surface area (Å²) >= 11 is 0. The second-order valence-electron chi connectivity index (χ2n) is 3.56. The Balaban J connectivity index is 2.85. The van der Waals surface area contributed by atoms with Crippen molar-refractivity contribution in [1.82, 2.24) is 9.97 Å². The number of aromatic nitrogens is 2. The number of aliphatic hydroxyl groups excluding tert-OH is 1. The fourth-order valence-electron chi connectivity index (χ4n) is 1.19. The number of nitrogens with one attached hydrogen (secondary N) is 1. The highest BCUT2D eigenvalue weighted by molar-refractivity contribution is 5.45. The molecule has 1 heterocycles. The van der Waals surface area contributed by atoms with Crippen LogP contribution in [0.4, 0.5) is 5.82 Å². The molecular weight excluding hydrogens is 178 g/mol. The topological polar surface area (TPSA) is 58.0 Å². The maximum atomic E-state index is 9.14. The Labute approximate surface area is 84.4 Å². The normalized spacial score (nSPS) is 12.6. The van der Waals surface area contributed by atoms with E-state index in [4.69, 9.17) is 5.11 Å². The van der Waals surface area contributed by atoms with Crippen LogP contribution in [0.25, 0.3) is 0 Å². The summed E-state index contributed by atoms with van der Waals surface area (Å²) < 4.78 is 0. The minimum absolute atomic E-state index is 0.370. The molecule has 1 atom stereocenters. The van der Waals surface area contributed by atoms with E-state index in [9.17, 15) is 0 Å². The van der Waals surface area contributed by atoms with Crippen molar-refractivity contribution >= 4 is 5.82 Å². The van der Waals surface area contributed by atoms with E-state index in [0.717, 1.165) is 22.9 Å². The predicted octanol–water partition coefficient (Wildman–Crippen LogP) is 1.19. The lowest BCUT2D eigenvalue weighted by Crippen LogP contribution is -2.17. The van der Waals surface area contributed by atoms with Crippen LogP contribution in [-0.4, -0.2) is 27.7 Å². The van der Waals surface area contributed by atoms with Crippen LogP contribution in [0.5, 0.6) is 0 Å². The molecule has 1 rings (SSSR count). The largest absolute Gasteiger partial charge is 0.392 e. The number of aryl methyl sites for hydroxylation is 2. The van der Waals surface area contributed by atoms with Crippen molar-refractivity contribution in [3.8, 4) is 0 Å². The van der Waals surface area contributed by atoms with Gasteiger partial charge in [0.05, 0.1) is 6.10 Å². The SMILES string of the molecule is Cc1nc(C)c(C)c(NC[C@@H](C)O)n1. The molecule has 0 bridgehead atoms. The van der Waals surface area contributed by atoms with Crippen molar-refractivity contribution in [2.75, 3.05) is 11.9 Å². The van der Waals surface area contributed by atoms with Gasteiger partial charge in [-0.05, 0) is 27.7 Å². The molecule has 1 aromatic rings. The lowest BCUT2D eigenvalue weighted by Gasteiger charge is -2.12. The van der Waals surface area contributed by atoms with Crippen LogP contribution in [-0.2, 0) is 0 Å². The molecule has 0 spiro atoms. The van der Waals surface area contributed by atoms with Crippen molar-refractivity contribution in [2.45, 2.75) is 33.8 Å². The van der Waals surface area contributed by atoms with Crippen molar-refractivity contribution in [1.29, 1.82) is 0 Å². The second kappa shape index (κ2) is 4.37. The zero-order valence-electron chi connectivity index (χ0n) is 9.13. The van der Waals surface area contributed by atoms with Gasteiger partial charge in [0.2, 0.25) is 0 Å². The third-order valence-corrected chi connectivity index (χ3v) is 2.07. The van der Waals surface area contributed by atoms with Crippen molar-refractivity contribution < 1.29 is 5.11 Å². The average Bonchev–Trinajstić information content (AvgIpc) is 2.08. The molecule has 0 aliphatic rings. The van der Waals surface area contributed by atoms with E-state index >= 15 is 0 Å². The summed E-state index contributed by atoms with van der Waals surface area (Å²) in [7, 11) is 0. The van der Waals surface area contributed by atoms with Crippen LogP contribution in [0.1, 0.15) is 24.0 Å². The first-order valence-electron chi connectivity index (χ1n) is 4.74. The minimum atomic E-state index is -0.370. The van der Waals surface area contributed by atoms with E-state index in [1.165, 1.54) is 0 Å². The smallest absolute Gasteiger partial charge is 0.132 e. The van der Waals surface area contributed by atoms with E-state index in [0.29, 0.717) is 6.54 Å². The van der Waals surface area contributed by atoms with Gasteiger partial charge in [0, 0.05) is 17.8 Å². The molecule has 4 nitrogen and oxygen atoms in total. The first kappa shape index (κ1) is 10.9. The van der Waals surface area contributed by atoms with E-state index in [-0.39, 0.29) is 6.10 Å². The minimum Gasteiger partial charge on any atom is -0.392 e. The van der Waals surface area contributed by atoms with E-state index in [2.05, 4.69) is 15.3 Å². The second-order valence-corrected chi connectivity index (χ2v) is 3.56. The molecule has 2 N–H and O–H groups in total. The van der Waals surface area contributed by atoms with Gasteiger partial charge in [0.15, 0.2) is 0 Å². The molecule has 0 saturated carbocycles. The van der Waals surface area contributed by atoms with Crippen LogP contribution in [0.2, 0.25) is 0 Å². The summed E-state index contributed by atoms with van der Waals surface area (Å²) in [5, 5.41) is 12.2. The van der Waals surface area contributed by atoms with E-state index < -0.39 is 0 Å². The van der Waals surface area contributed by atoms with Crippen LogP contribution < -0.4 is 5.32 Å². The molecule has 0 unspecified atom stereocenters. The van der Waals surface area contributed by atoms with Crippen LogP contribution in [0.15, 0.2) is 0 Å². The van der Waals surface area contributed by atoms with Crippen molar-refractivity contribution in [3.05, 3.63) is 17.1 Å². The quantitative estimate of drug-likeness (QED) is 0.760. The average molecular weight is 195 g/mol. The fourth-order valence-corrected chi connectivity index (χ4v) is 1.19. The number of hydrogen-bond donors (Lipinski definition) is 2. The molecule has 0 aliphatic heterocycles. The Kier molecular flexibility index (Phi) is 3.41. The molecule has 0 fully saturated rings. The van der Waals surface area contributed by atoms with Crippen molar-refractivity contribution in [2.24, 2.45) is 0 Å². The fraction of sp³-hybridized carbons (Fsp3) is 0.600. The molecule has 14 heavy (non-hydrogen) atoms. The first-order chi connectivity index (χ1) is 6.50. The predicted molar refractivity (Wildman–Crippen MR) is 56.4 cm³/mol. The highest BCUT2D eigenvalue weighted by atomic mass is 16.3. The zero-order chi connectivity index (χ0) is 10.7. The maximum absolute atomic E-state index is 9.14. The first-order valence-corrected chi connectivity index (χ1v) is 4.74. The number of rotatable bonds is 3. The molecule has 0 saturated heterocycles. The molecule has 0 amide bonds. The third kappa shape index (κ3) is 2.67. The number of aliphatic hydroxyl groups is 1. The number of nitrogens with zero attached hydrogens (tertiary/aromatic N) is 2. The van der Waals surface area contributed by atoms with Gasteiger partial charge in [-0.2, -0.15) is 0 Å². The summed E-state index contributed by atoms with van der Waals surface area (Å²) in [6, 6.07) is 0. The molecule has 0 aliphatic carbocycles. The lowest BCUT2D eigenvalue weighted by atomic mass is 10.2. The van der Waals surface area contributed by atoms with Crippen LogP contribution in [0, 0.1) is 20.8 Å². The molecule has 4 heteroatoms.